The van der Waals surface area contributed by atoms with Crippen LogP contribution in [0.5, 0.6) is 0 Å². The Morgan fingerprint density at radius 1 is 1.13 bits per heavy atom. The minimum Gasteiger partial charge on any atom is -0.238 e. The quantitative estimate of drug-likeness (QED) is 0.272. The number of halogens is 5. The summed E-state index contributed by atoms with van der Waals surface area (Å²) in [6.07, 6.45) is 1.80. The monoisotopic (exact) mass is 264 g/mol. The fraction of sp³-hybridized carbons (Fsp3) is 1.00. The van der Waals surface area contributed by atoms with Gasteiger partial charge in [0.15, 0.2) is 0 Å². The van der Waals surface area contributed by atoms with Gasteiger partial charge in [0.1, 0.15) is 9.52 Å². The van der Waals surface area contributed by atoms with Crippen molar-refractivity contribution in [3.8, 4) is 0 Å². The number of unbranched alkanes of at least 4 members (excludes halogenated alkanes) is 2. The summed E-state index contributed by atoms with van der Waals surface area (Å²) in [7, 11) is -7.48. The van der Waals surface area contributed by atoms with E-state index in [1.54, 1.807) is 0 Å². The summed E-state index contributed by atoms with van der Waals surface area (Å²) in [5.74, 6) is 0. The average Bonchev–Trinajstić information content (AvgIpc) is 2.01. The van der Waals surface area contributed by atoms with Gasteiger partial charge in [-0.3, -0.25) is 0 Å². The van der Waals surface area contributed by atoms with Gasteiger partial charge in [-0.25, -0.2) is 21.1 Å². The van der Waals surface area contributed by atoms with Gasteiger partial charge < -0.3 is 0 Å². The molecule has 0 aliphatic carbocycles. The lowest BCUT2D eigenvalue weighted by molar-refractivity contribution is 0.0774. The molecule has 0 saturated carbocycles. The molecular formula is C8H17F5Si2. The maximum absolute atomic E-state index is 13.0. The molecule has 0 bridgehead atoms. The molecule has 0 aliphatic heterocycles. The van der Waals surface area contributed by atoms with Crippen molar-refractivity contribution < 1.29 is 21.1 Å². The summed E-state index contributed by atoms with van der Waals surface area (Å²) in [6, 6.07) is -1.20. The predicted octanol–water partition coefficient (Wildman–Crippen LogP) is 3.59. The zero-order valence-corrected chi connectivity index (χ0v) is 11.3. The molecule has 0 aliphatic rings. The van der Waals surface area contributed by atoms with Gasteiger partial charge in [0, 0.05) is 12.5 Å². The minimum atomic E-state index is -5.59. The molecule has 0 heterocycles. The van der Waals surface area contributed by atoms with Crippen LogP contribution in [-0.4, -0.2) is 24.1 Å². The number of rotatable bonds is 8. The van der Waals surface area contributed by atoms with Crippen molar-refractivity contribution >= 4 is 18.6 Å². The van der Waals surface area contributed by atoms with Gasteiger partial charge in [-0.1, -0.05) is 25.8 Å². The van der Waals surface area contributed by atoms with E-state index in [1.807, 2.05) is 6.92 Å². The Morgan fingerprint density at radius 2 is 1.73 bits per heavy atom. The minimum absolute atomic E-state index is 0.216. The summed E-state index contributed by atoms with van der Waals surface area (Å²) >= 11 is 0. The zero-order valence-electron chi connectivity index (χ0n) is 8.84. The van der Waals surface area contributed by atoms with E-state index in [0.717, 1.165) is 12.8 Å². The fourth-order valence-electron chi connectivity index (χ4n) is 1.31. The highest BCUT2D eigenvalue weighted by molar-refractivity contribution is 6.60. The predicted molar refractivity (Wildman–Crippen MR) is 56.3 cm³/mol. The first-order chi connectivity index (χ1) is 6.77. The third-order valence-corrected chi connectivity index (χ3v) is 5.57. The third-order valence-electron chi connectivity index (χ3n) is 2.15. The van der Waals surface area contributed by atoms with E-state index in [0.29, 0.717) is 6.42 Å². The Kier molecular flexibility index (Phi) is 6.66. The second-order valence-corrected chi connectivity index (χ2v) is 7.75. The van der Waals surface area contributed by atoms with Crippen LogP contribution >= 0.6 is 0 Å². The molecule has 0 unspecified atom stereocenters. The van der Waals surface area contributed by atoms with Crippen molar-refractivity contribution in [1.82, 2.24) is 0 Å². The standard InChI is InChI=1S/C8H17F5Si2/c1-2-3-4-5-8(9,10)14-6-7-15(11,12)13/h2-7,14H2,1H3. The average molecular weight is 264 g/mol. The van der Waals surface area contributed by atoms with E-state index in [4.69, 9.17) is 0 Å². The molecular weight excluding hydrogens is 247 g/mol. The smallest absolute Gasteiger partial charge is 0.238 e. The molecule has 0 nitrogen and oxygen atoms in total. The Hall–Kier alpha value is 0.0838. The summed E-state index contributed by atoms with van der Waals surface area (Å²) < 4.78 is 61.6. The Balaban J connectivity index is 3.64. The van der Waals surface area contributed by atoms with E-state index >= 15 is 0 Å². The normalized spacial score (nSPS) is 14.0. The zero-order chi connectivity index (χ0) is 11.9. The van der Waals surface area contributed by atoms with E-state index in [9.17, 15) is 21.1 Å². The third kappa shape index (κ3) is 10.4. The van der Waals surface area contributed by atoms with E-state index in [2.05, 4.69) is 0 Å². The lowest BCUT2D eigenvalue weighted by Gasteiger charge is -2.15. The highest BCUT2D eigenvalue weighted by Gasteiger charge is 2.37. The van der Waals surface area contributed by atoms with Crippen LogP contribution in [0.3, 0.4) is 0 Å². The van der Waals surface area contributed by atoms with Gasteiger partial charge in [-0.15, -0.1) is 0 Å². The van der Waals surface area contributed by atoms with Crippen molar-refractivity contribution in [2.24, 2.45) is 0 Å². The lowest BCUT2D eigenvalue weighted by atomic mass is 10.2. The molecule has 0 aromatic rings. The number of hydrogen-bond donors (Lipinski definition) is 0. The molecule has 0 aromatic heterocycles. The SMILES string of the molecule is CCCCCC(F)(F)[SiH2]CC[Si](F)(F)F. The molecule has 0 spiro atoms. The first-order valence-electron chi connectivity index (χ1n) is 5.21. The molecule has 92 valence electrons. The maximum Gasteiger partial charge on any atom is 0.615 e. The number of alkyl halides is 2. The van der Waals surface area contributed by atoms with Crippen LogP contribution in [0.2, 0.25) is 12.1 Å². The topological polar surface area (TPSA) is 0 Å². The fourth-order valence-corrected chi connectivity index (χ4v) is 4.63. The molecule has 15 heavy (non-hydrogen) atoms. The molecule has 7 heteroatoms. The lowest BCUT2D eigenvalue weighted by Crippen LogP contribution is -2.26. The summed E-state index contributed by atoms with van der Waals surface area (Å²) in [5, 5.41) is 0. The summed E-state index contributed by atoms with van der Waals surface area (Å²) in [6.45, 7) is 1.91. The molecule has 0 rings (SSSR count). The Morgan fingerprint density at radius 3 is 2.20 bits per heavy atom. The molecule has 0 N–H and O–H groups in total. The van der Waals surface area contributed by atoms with Crippen molar-refractivity contribution in [2.45, 2.75) is 50.2 Å². The molecule has 0 fully saturated rings. The Labute approximate surface area is 90.6 Å². The van der Waals surface area contributed by atoms with Crippen LogP contribution in [0.1, 0.15) is 32.6 Å². The highest BCUT2D eigenvalue weighted by Crippen LogP contribution is 2.25. The molecule has 0 atom stereocenters. The second kappa shape index (κ2) is 6.62. The molecule has 0 radical (unpaired) electrons. The molecule has 0 amide bonds. The van der Waals surface area contributed by atoms with Crippen LogP contribution in [-0.2, 0) is 0 Å². The Bertz CT molecular complexity index is 169. The van der Waals surface area contributed by atoms with E-state index in [1.165, 1.54) is 0 Å². The van der Waals surface area contributed by atoms with Gasteiger partial charge >= 0.3 is 9.08 Å². The molecule has 0 aromatic carbocycles. The first-order valence-corrected chi connectivity index (χ1v) is 8.76. The van der Waals surface area contributed by atoms with Crippen LogP contribution in [0, 0.1) is 0 Å². The van der Waals surface area contributed by atoms with E-state index in [-0.39, 0.29) is 12.5 Å². The maximum atomic E-state index is 13.0. The second-order valence-electron chi connectivity index (χ2n) is 3.78. The van der Waals surface area contributed by atoms with Crippen molar-refractivity contribution in [1.29, 1.82) is 0 Å². The molecule has 0 saturated heterocycles. The van der Waals surface area contributed by atoms with Crippen LogP contribution in [0.25, 0.3) is 0 Å². The summed E-state index contributed by atoms with van der Waals surface area (Å²) in [5.41, 5.74) is -2.77. The van der Waals surface area contributed by atoms with Gasteiger partial charge in [-0.2, -0.15) is 0 Å². The van der Waals surface area contributed by atoms with Gasteiger partial charge in [-0.05, 0) is 6.42 Å². The van der Waals surface area contributed by atoms with E-state index < -0.39 is 30.2 Å². The van der Waals surface area contributed by atoms with Crippen molar-refractivity contribution in [3.63, 3.8) is 0 Å². The van der Waals surface area contributed by atoms with Crippen LogP contribution in [0.15, 0.2) is 0 Å². The number of hydrogen-bond acceptors (Lipinski definition) is 0. The largest absolute Gasteiger partial charge is 0.615 e. The highest BCUT2D eigenvalue weighted by atomic mass is 28.5. The van der Waals surface area contributed by atoms with Crippen molar-refractivity contribution in [3.05, 3.63) is 0 Å². The van der Waals surface area contributed by atoms with Gasteiger partial charge in [0.2, 0.25) is 5.55 Å². The summed E-state index contributed by atoms with van der Waals surface area (Å²) in [4.78, 5) is 0. The van der Waals surface area contributed by atoms with Gasteiger partial charge in [0.05, 0.1) is 0 Å². The van der Waals surface area contributed by atoms with Gasteiger partial charge in [0.25, 0.3) is 0 Å². The first kappa shape index (κ1) is 15.1. The van der Waals surface area contributed by atoms with Crippen LogP contribution in [0.4, 0.5) is 21.1 Å². The van der Waals surface area contributed by atoms with Crippen LogP contribution < -0.4 is 0 Å². The van der Waals surface area contributed by atoms with Crippen molar-refractivity contribution in [2.75, 3.05) is 0 Å².